The highest BCUT2D eigenvalue weighted by molar-refractivity contribution is 9.10. The first-order valence-electron chi connectivity index (χ1n) is 5.19. The summed E-state index contributed by atoms with van der Waals surface area (Å²) in [6, 6.07) is 9.96. The van der Waals surface area contributed by atoms with Gasteiger partial charge in [0.2, 0.25) is 0 Å². The van der Waals surface area contributed by atoms with Gasteiger partial charge in [-0.3, -0.25) is 0 Å². The first-order chi connectivity index (χ1) is 8.56. The fourth-order valence-corrected chi connectivity index (χ4v) is 2.20. The topological polar surface area (TPSA) is 12.0 Å². The van der Waals surface area contributed by atoms with E-state index >= 15 is 0 Å². The Bertz CT molecular complexity index is 575. The summed E-state index contributed by atoms with van der Waals surface area (Å²) in [5.41, 5.74) is 1.37. The van der Waals surface area contributed by atoms with E-state index in [2.05, 4.69) is 21.2 Å². The molecule has 0 fully saturated rings. The Morgan fingerprint density at radius 3 is 2.61 bits per heavy atom. The van der Waals surface area contributed by atoms with Crippen molar-refractivity contribution in [1.29, 1.82) is 0 Å². The van der Waals surface area contributed by atoms with Gasteiger partial charge in [0.05, 0.1) is 10.7 Å². The fraction of sp³-hybridized carbons (Fsp3) is 0.0769. The minimum Gasteiger partial charge on any atom is -0.379 e. The van der Waals surface area contributed by atoms with Crippen LogP contribution in [0.4, 0.5) is 10.1 Å². The van der Waals surface area contributed by atoms with Crippen LogP contribution in [0.5, 0.6) is 0 Å². The molecule has 0 spiro atoms. The van der Waals surface area contributed by atoms with E-state index in [0.29, 0.717) is 22.3 Å². The monoisotopic (exact) mass is 347 g/mol. The standard InChI is InChI=1S/C13H9BrCl2FN/c14-10-5-8(1-3-11(10)16)7-18-13-6-9(15)2-4-12(13)17/h1-6,18H,7H2. The van der Waals surface area contributed by atoms with Gasteiger partial charge < -0.3 is 5.32 Å². The maximum atomic E-state index is 13.5. The van der Waals surface area contributed by atoms with Crippen molar-refractivity contribution in [1.82, 2.24) is 0 Å². The molecule has 0 saturated carbocycles. The fourth-order valence-electron chi connectivity index (χ4n) is 1.48. The third-order valence-corrected chi connectivity index (χ3v) is 3.84. The van der Waals surface area contributed by atoms with E-state index in [9.17, 15) is 4.39 Å². The summed E-state index contributed by atoms with van der Waals surface area (Å²) in [4.78, 5) is 0. The molecule has 0 aromatic heterocycles. The molecule has 2 rings (SSSR count). The predicted octanol–water partition coefficient (Wildman–Crippen LogP) is 5.51. The molecule has 1 nitrogen and oxygen atoms in total. The third kappa shape index (κ3) is 3.37. The molecule has 0 saturated heterocycles. The molecule has 2 aromatic carbocycles. The number of rotatable bonds is 3. The van der Waals surface area contributed by atoms with Crippen LogP contribution < -0.4 is 5.32 Å². The molecule has 0 aliphatic rings. The normalized spacial score (nSPS) is 10.4. The number of anilines is 1. The highest BCUT2D eigenvalue weighted by Crippen LogP contribution is 2.24. The van der Waals surface area contributed by atoms with E-state index < -0.39 is 0 Å². The summed E-state index contributed by atoms with van der Waals surface area (Å²) in [7, 11) is 0. The molecule has 1 N–H and O–H groups in total. The zero-order valence-electron chi connectivity index (χ0n) is 9.18. The lowest BCUT2D eigenvalue weighted by Gasteiger charge is -2.09. The average Bonchev–Trinajstić information content (AvgIpc) is 2.34. The first-order valence-corrected chi connectivity index (χ1v) is 6.74. The lowest BCUT2D eigenvalue weighted by Crippen LogP contribution is -2.01. The van der Waals surface area contributed by atoms with E-state index in [1.165, 1.54) is 12.1 Å². The van der Waals surface area contributed by atoms with E-state index in [-0.39, 0.29) is 5.82 Å². The number of halogens is 4. The van der Waals surface area contributed by atoms with Crippen LogP contribution in [0.25, 0.3) is 0 Å². The molecule has 0 bridgehead atoms. The molecular weight excluding hydrogens is 340 g/mol. The first kappa shape index (κ1) is 13.7. The molecule has 0 unspecified atom stereocenters. The zero-order chi connectivity index (χ0) is 13.1. The summed E-state index contributed by atoms with van der Waals surface area (Å²) >= 11 is 15.1. The van der Waals surface area contributed by atoms with E-state index in [1.54, 1.807) is 12.1 Å². The van der Waals surface area contributed by atoms with E-state index in [4.69, 9.17) is 23.2 Å². The van der Waals surface area contributed by atoms with Gasteiger partial charge in [-0.1, -0.05) is 29.3 Å². The minimum atomic E-state index is -0.326. The van der Waals surface area contributed by atoms with Gasteiger partial charge in [-0.15, -0.1) is 0 Å². The van der Waals surface area contributed by atoms with Gasteiger partial charge in [0, 0.05) is 16.0 Å². The number of nitrogens with one attached hydrogen (secondary N) is 1. The summed E-state index contributed by atoms with van der Waals surface area (Å²) in [5.74, 6) is -0.326. The molecule has 94 valence electrons. The van der Waals surface area contributed by atoms with E-state index in [0.717, 1.165) is 10.0 Å². The van der Waals surface area contributed by atoms with Crippen LogP contribution in [-0.4, -0.2) is 0 Å². The molecule has 0 aliphatic carbocycles. The van der Waals surface area contributed by atoms with Gasteiger partial charge in [0.1, 0.15) is 5.82 Å². The van der Waals surface area contributed by atoms with Gasteiger partial charge >= 0.3 is 0 Å². The second-order valence-corrected chi connectivity index (χ2v) is 5.42. The van der Waals surface area contributed by atoms with Crippen LogP contribution in [0.2, 0.25) is 10.0 Å². The number of hydrogen-bond donors (Lipinski definition) is 1. The van der Waals surface area contributed by atoms with Crippen LogP contribution in [0.3, 0.4) is 0 Å². The highest BCUT2D eigenvalue weighted by Gasteiger charge is 2.03. The quantitative estimate of drug-likeness (QED) is 0.771. The van der Waals surface area contributed by atoms with Crippen molar-refractivity contribution in [2.45, 2.75) is 6.54 Å². The van der Waals surface area contributed by atoms with Gasteiger partial charge in [0.25, 0.3) is 0 Å². The SMILES string of the molecule is Fc1ccc(Cl)cc1NCc1ccc(Cl)c(Br)c1. The lowest BCUT2D eigenvalue weighted by atomic mass is 10.2. The second kappa shape index (κ2) is 5.91. The number of hydrogen-bond acceptors (Lipinski definition) is 1. The van der Waals surface area contributed by atoms with Crippen molar-refractivity contribution in [3.05, 3.63) is 62.3 Å². The minimum absolute atomic E-state index is 0.326. The van der Waals surface area contributed by atoms with Crippen LogP contribution in [-0.2, 0) is 6.54 Å². The third-order valence-electron chi connectivity index (χ3n) is 2.40. The Morgan fingerprint density at radius 2 is 1.89 bits per heavy atom. The zero-order valence-corrected chi connectivity index (χ0v) is 12.3. The van der Waals surface area contributed by atoms with Gasteiger partial charge in [-0.05, 0) is 51.8 Å². The molecule has 2 aromatic rings. The van der Waals surface area contributed by atoms with Crippen molar-refractivity contribution >= 4 is 44.8 Å². The molecule has 0 radical (unpaired) electrons. The number of benzene rings is 2. The van der Waals surface area contributed by atoms with Crippen LogP contribution in [0.1, 0.15) is 5.56 Å². The Hall–Kier alpha value is -0.770. The van der Waals surface area contributed by atoms with Crippen LogP contribution in [0.15, 0.2) is 40.9 Å². The second-order valence-electron chi connectivity index (χ2n) is 3.73. The molecule has 5 heteroatoms. The van der Waals surface area contributed by atoms with Crippen molar-refractivity contribution in [2.75, 3.05) is 5.32 Å². The molecular formula is C13H9BrCl2FN. The van der Waals surface area contributed by atoms with Crippen molar-refractivity contribution in [3.8, 4) is 0 Å². The predicted molar refractivity (Wildman–Crippen MR) is 77.9 cm³/mol. The van der Waals surface area contributed by atoms with Crippen molar-refractivity contribution in [3.63, 3.8) is 0 Å². The maximum absolute atomic E-state index is 13.5. The molecule has 0 amide bonds. The Balaban J connectivity index is 2.11. The Labute approximate surface area is 123 Å². The van der Waals surface area contributed by atoms with Crippen molar-refractivity contribution < 1.29 is 4.39 Å². The Morgan fingerprint density at radius 1 is 1.11 bits per heavy atom. The summed E-state index contributed by atoms with van der Waals surface area (Å²) < 4.78 is 14.3. The lowest BCUT2D eigenvalue weighted by molar-refractivity contribution is 0.630. The van der Waals surface area contributed by atoms with Crippen molar-refractivity contribution in [2.24, 2.45) is 0 Å². The summed E-state index contributed by atoms with van der Waals surface area (Å²) in [5, 5.41) is 4.14. The van der Waals surface area contributed by atoms with E-state index in [1.807, 2.05) is 12.1 Å². The maximum Gasteiger partial charge on any atom is 0.146 e. The van der Waals surface area contributed by atoms with Crippen LogP contribution in [0, 0.1) is 5.82 Å². The van der Waals surface area contributed by atoms with Gasteiger partial charge in [0.15, 0.2) is 0 Å². The molecule has 0 aliphatic heterocycles. The highest BCUT2D eigenvalue weighted by atomic mass is 79.9. The van der Waals surface area contributed by atoms with Gasteiger partial charge in [-0.25, -0.2) is 4.39 Å². The smallest absolute Gasteiger partial charge is 0.146 e. The molecule has 0 atom stereocenters. The summed E-state index contributed by atoms with van der Waals surface area (Å²) in [6.45, 7) is 0.493. The largest absolute Gasteiger partial charge is 0.379 e. The van der Waals surface area contributed by atoms with Gasteiger partial charge in [-0.2, -0.15) is 0 Å². The van der Waals surface area contributed by atoms with Crippen LogP contribution >= 0.6 is 39.1 Å². The Kier molecular flexibility index (Phi) is 4.49. The molecule has 0 heterocycles. The summed E-state index contributed by atoms with van der Waals surface area (Å²) in [6.07, 6.45) is 0. The average molecular weight is 349 g/mol. The molecule has 18 heavy (non-hydrogen) atoms.